The van der Waals surface area contributed by atoms with Crippen molar-refractivity contribution >= 4 is 32.7 Å². The average Bonchev–Trinajstić information content (AvgIpc) is 2.55. The van der Waals surface area contributed by atoms with Gasteiger partial charge in [0.1, 0.15) is 5.25 Å². The van der Waals surface area contributed by atoms with E-state index in [1.165, 1.54) is 0 Å². The molecule has 7 heteroatoms. The van der Waals surface area contributed by atoms with Crippen molar-refractivity contribution in [1.82, 2.24) is 9.78 Å². The predicted molar refractivity (Wildman–Crippen MR) is 78.4 cm³/mol. The summed E-state index contributed by atoms with van der Waals surface area (Å²) in [5.74, 6) is -0.988. The van der Waals surface area contributed by atoms with Crippen LogP contribution in [-0.2, 0) is 34.8 Å². The van der Waals surface area contributed by atoms with Crippen LogP contribution in [0.15, 0.2) is 4.47 Å². The van der Waals surface area contributed by atoms with Gasteiger partial charge >= 0.3 is 5.97 Å². The number of aliphatic carboxylic acids is 1. The monoisotopic (exact) mass is 350 g/mol. The number of carboxylic acids is 1. The zero-order chi connectivity index (χ0) is 14.7. The topological polar surface area (TPSA) is 72.2 Å². The van der Waals surface area contributed by atoms with Crippen molar-refractivity contribution < 1.29 is 14.1 Å². The van der Waals surface area contributed by atoms with Gasteiger partial charge in [0.2, 0.25) is 0 Å². The number of nitrogens with zero attached hydrogens (tertiary/aromatic N) is 2. The number of halogens is 1. The predicted octanol–water partition coefficient (Wildman–Crippen LogP) is 2.10. The molecule has 0 amide bonds. The lowest BCUT2D eigenvalue weighted by atomic mass is 10.1. The van der Waals surface area contributed by atoms with Crippen LogP contribution in [0.5, 0.6) is 0 Å². The number of rotatable bonds is 6. The average molecular weight is 351 g/mol. The summed E-state index contributed by atoms with van der Waals surface area (Å²) in [6, 6.07) is 0. The van der Waals surface area contributed by atoms with Gasteiger partial charge in [0.25, 0.3) is 0 Å². The van der Waals surface area contributed by atoms with Crippen LogP contribution in [0.1, 0.15) is 32.2 Å². The first-order valence-electron chi connectivity index (χ1n) is 6.09. The fourth-order valence-corrected chi connectivity index (χ4v) is 4.46. The van der Waals surface area contributed by atoms with E-state index in [0.717, 1.165) is 22.3 Å². The van der Waals surface area contributed by atoms with Crippen molar-refractivity contribution in [2.75, 3.05) is 0 Å². The molecule has 1 rings (SSSR count). The summed E-state index contributed by atoms with van der Waals surface area (Å²) in [6.07, 6.45) is 0.771. The van der Waals surface area contributed by atoms with Gasteiger partial charge < -0.3 is 5.11 Å². The van der Waals surface area contributed by atoms with Crippen molar-refractivity contribution in [2.45, 2.75) is 38.2 Å². The maximum absolute atomic E-state index is 12.3. The van der Waals surface area contributed by atoms with Crippen LogP contribution in [-0.4, -0.2) is 30.3 Å². The first-order chi connectivity index (χ1) is 8.79. The highest BCUT2D eigenvalue weighted by molar-refractivity contribution is 9.10. The molecule has 19 heavy (non-hydrogen) atoms. The molecular formula is C12H19BrN2O3S. The molecule has 0 saturated heterocycles. The molecule has 108 valence electrons. The third kappa shape index (κ3) is 3.66. The summed E-state index contributed by atoms with van der Waals surface area (Å²) in [6.45, 7) is 5.53. The molecule has 0 aliphatic carbocycles. The van der Waals surface area contributed by atoms with Gasteiger partial charge in [-0.15, -0.1) is 0 Å². The van der Waals surface area contributed by atoms with Crippen LogP contribution < -0.4 is 0 Å². The summed E-state index contributed by atoms with van der Waals surface area (Å²) in [4.78, 5) is 11.2. The van der Waals surface area contributed by atoms with Crippen molar-refractivity contribution in [3.63, 3.8) is 0 Å². The fraction of sp³-hybridized carbons (Fsp3) is 0.667. The van der Waals surface area contributed by atoms with Gasteiger partial charge in [-0.25, -0.2) is 0 Å². The Morgan fingerprint density at radius 3 is 2.47 bits per heavy atom. The molecule has 0 aliphatic rings. The first kappa shape index (κ1) is 16.4. The number of aromatic nitrogens is 2. The summed E-state index contributed by atoms with van der Waals surface area (Å²) < 4.78 is 14.8. The Kier molecular flexibility index (Phi) is 5.73. The highest BCUT2D eigenvalue weighted by Gasteiger charge is 2.29. The smallest absolute Gasteiger partial charge is 0.319 e. The number of aryl methyl sites for hydroxylation is 2. The second kappa shape index (κ2) is 6.65. The second-order valence-corrected chi connectivity index (χ2v) is 7.06. The zero-order valence-corrected chi connectivity index (χ0v) is 13.9. The summed E-state index contributed by atoms with van der Waals surface area (Å²) in [5.41, 5.74) is 1.67. The lowest BCUT2D eigenvalue weighted by molar-refractivity contribution is -0.137. The Morgan fingerprint density at radius 2 is 2.11 bits per heavy atom. The van der Waals surface area contributed by atoms with Crippen LogP contribution in [0.4, 0.5) is 0 Å². The van der Waals surface area contributed by atoms with Crippen LogP contribution in [0.2, 0.25) is 0 Å². The van der Waals surface area contributed by atoms with E-state index >= 15 is 0 Å². The zero-order valence-electron chi connectivity index (χ0n) is 11.5. The molecule has 0 aliphatic heterocycles. The molecule has 0 aromatic carbocycles. The van der Waals surface area contributed by atoms with Crippen molar-refractivity contribution in [1.29, 1.82) is 0 Å². The van der Waals surface area contributed by atoms with E-state index in [1.54, 1.807) is 25.6 Å². The molecule has 1 aromatic heterocycles. The van der Waals surface area contributed by atoms with Crippen LogP contribution in [0.25, 0.3) is 0 Å². The second-order valence-electron chi connectivity index (χ2n) is 4.71. The molecule has 0 saturated carbocycles. The molecule has 5 nitrogen and oxygen atoms in total. The molecular weight excluding hydrogens is 332 g/mol. The van der Waals surface area contributed by atoms with Gasteiger partial charge in [-0.05, 0) is 28.3 Å². The van der Waals surface area contributed by atoms with E-state index in [9.17, 15) is 9.00 Å². The van der Waals surface area contributed by atoms with Gasteiger partial charge in [0.05, 0.1) is 21.6 Å². The van der Waals surface area contributed by atoms with E-state index in [1.807, 2.05) is 6.92 Å². The minimum Gasteiger partial charge on any atom is -0.480 e. The highest BCUT2D eigenvalue weighted by atomic mass is 79.9. The SMILES string of the molecule is CCc1nn(C)c(CS(=O)C(C(=O)O)C(C)C)c1Br. The van der Waals surface area contributed by atoms with Gasteiger partial charge in [-0.3, -0.25) is 13.7 Å². The highest BCUT2D eigenvalue weighted by Crippen LogP contribution is 2.24. The molecule has 0 radical (unpaired) electrons. The molecule has 1 aromatic rings. The number of carboxylic acid groups (broad SMARTS) is 1. The molecule has 2 atom stereocenters. The lowest BCUT2D eigenvalue weighted by Gasteiger charge is -2.15. The van der Waals surface area contributed by atoms with E-state index in [0.29, 0.717) is 0 Å². The van der Waals surface area contributed by atoms with Crippen molar-refractivity contribution in [3.8, 4) is 0 Å². The third-order valence-electron chi connectivity index (χ3n) is 2.91. The normalized spacial score (nSPS) is 14.6. The Hall–Kier alpha value is -0.690. The molecule has 0 bridgehead atoms. The quantitative estimate of drug-likeness (QED) is 0.852. The summed E-state index contributed by atoms with van der Waals surface area (Å²) in [7, 11) is 0.311. The standard InChI is InChI=1S/C12H19BrN2O3S/c1-5-8-10(13)9(15(4)14-8)6-19(18)11(7(2)3)12(16)17/h7,11H,5-6H2,1-4H3,(H,16,17). The Bertz CT molecular complexity index is 499. The fourth-order valence-electron chi connectivity index (χ4n) is 1.90. The van der Waals surface area contributed by atoms with Gasteiger partial charge in [-0.2, -0.15) is 5.10 Å². The van der Waals surface area contributed by atoms with Crippen LogP contribution in [0.3, 0.4) is 0 Å². The van der Waals surface area contributed by atoms with Crippen molar-refractivity contribution in [3.05, 3.63) is 15.9 Å². The Labute approximate surface area is 124 Å². The lowest BCUT2D eigenvalue weighted by Crippen LogP contribution is -2.32. The Morgan fingerprint density at radius 1 is 1.53 bits per heavy atom. The van der Waals surface area contributed by atoms with Crippen molar-refractivity contribution in [2.24, 2.45) is 13.0 Å². The largest absolute Gasteiger partial charge is 0.480 e. The summed E-state index contributed by atoms with van der Waals surface area (Å²) in [5, 5.41) is 12.6. The minimum absolute atomic E-state index is 0.170. The molecule has 2 unspecified atom stereocenters. The maximum Gasteiger partial charge on any atom is 0.319 e. The minimum atomic E-state index is -1.47. The van der Waals surface area contributed by atoms with Crippen LogP contribution >= 0.6 is 15.9 Å². The third-order valence-corrected chi connectivity index (χ3v) is 5.70. The summed E-state index contributed by atoms with van der Waals surface area (Å²) >= 11 is 3.45. The van der Waals surface area contributed by atoms with Crippen LogP contribution in [0, 0.1) is 5.92 Å². The van der Waals surface area contributed by atoms with E-state index in [-0.39, 0.29) is 11.7 Å². The molecule has 1 N–H and O–H groups in total. The van der Waals surface area contributed by atoms with Gasteiger partial charge in [0, 0.05) is 17.8 Å². The number of hydrogen-bond acceptors (Lipinski definition) is 3. The molecule has 0 spiro atoms. The number of hydrogen-bond donors (Lipinski definition) is 1. The van der Waals surface area contributed by atoms with E-state index in [2.05, 4.69) is 21.0 Å². The van der Waals surface area contributed by atoms with Gasteiger partial charge in [0.15, 0.2) is 0 Å². The first-order valence-corrected chi connectivity index (χ1v) is 8.27. The van der Waals surface area contributed by atoms with Gasteiger partial charge in [-0.1, -0.05) is 20.8 Å². The molecule has 0 fully saturated rings. The Balaban J connectivity index is 2.99. The van der Waals surface area contributed by atoms with E-state index < -0.39 is 22.0 Å². The van der Waals surface area contributed by atoms with E-state index in [4.69, 9.17) is 5.11 Å². The number of carbonyl (C=O) groups is 1. The molecule has 1 heterocycles. The maximum atomic E-state index is 12.3.